The lowest BCUT2D eigenvalue weighted by Gasteiger charge is -2.13. The predicted molar refractivity (Wildman–Crippen MR) is 102 cm³/mol. The van der Waals surface area contributed by atoms with Crippen LogP contribution in [0.1, 0.15) is 22.3 Å². The first kappa shape index (κ1) is 19.0. The quantitative estimate of drug-likeness (QED) is 0.746. The van der Waals surface area contributed by atoms with Gasteiger partial charge in [0.2, 0.25) is 11.8 Å². The van der Waals surface area contributed by atoms with Crippen LogP contribution in [0.25, 0.3) is 0 Å². The maximum atomic E-state index is 12.1. The molecule has 2 aromatic rings. The number of amides is 2. The molecule has 0 aliphatic carbocycles. The fourth-order valence-corrected chi connectivity index (χ4v) is 2.65. The number of benzene rings is 2. The number of carbonyl (C=O) groups is 2. The second-order valence-electron chi connectivity index (χ2n) is 6.14. The lowest BCUT2D eigenvalue weighted by molar-refractivity contribution is -0.122. The van der Waals surface area contributed by atoms with Crippen molar-refractivity contribution in [3.63, 3.8) is 0 Å². The van der Waals surface area contributed by atoms with Crippen LogP contribution in [-0.2, 0) is 9.59 Å². The van der Waals surface area contributed by atoms with Gasteiger partial charge in [0.05, 0.1) is 24.7 Å². The van der Waals surface area contributed by atoms with Crippen LogP contribution in [0.4, 0.5) is 11.4 Å². The number of carbonyl (C=O) groups excluding carboxylic acids is 2. The van der Waals surface area contributed by atoms with E-state index < -0.39 is 0 Å². The molecule has 2 rings (SSSR count). The first-order chi connectivity index (χ1) is 12.4. The van der Waals surface area contributed by atoms with E-state index in [2.05, 4.69) is 16.0 Å². The zero-order valence-electron chi connectivity index (χ0n) is 15.1. The SMILES string of the molecule is Cc1cc(C)c(NC(=O)CNC(=O)CNc2ccc(C#N)cc2)c(C)c1. The molecule has 6 heteroatoms. The van der Waals surface area contributed by atoms with E-state index in [1.165, 1.54) is 0 Å². The summed E-state index contributed by atoms with van der Waals surface area (Å²) in [5.41, 5.74) is 5.19. The molecule has 0 saturated carbocycles. The molecule has 0 atom stereocenters. The summed E-state index contributed by atoms with van der Waals surface area (Å²) in [6, 6.07) is 12.8. The van der Waals surface area contributed by atoms with Crippen molar-refractivity contribution in [2.45, 2.75) is 20.8 Å². The van der Waals surface area contributed by atoms with Gasteiger partial charge >= 0.3 is 0 Å². The summed E-state index contributed by atoms with van der Waals surface area (Å²) in [5, 5.41) is 17.1. The average Bonchev–Trinajstić information content (AvgIpc) is 2.61. The number of nitriles is 1. The molecule has 0 unspecified atom stereocenters. The number of rotatable bonds is 6. The van der Waals surface area contributed by atoms with Gasteiger partial charge in [-0.05, 0) is 56.2 Å². The Morgan fingerprint density at radius 3 is 2.15 bits per heavy atom. The second-order valence-corrected chi connectivity index (χ2v) is 6.14. The molecule has 0 spiro atoms. The highest BCUT2D eigenvalue weighted by molar-refractivity contribution is 5.96. The van der Waals surface area contributed by atoms with Gasteiger partial charge in [-0.3, -0.25) is 9.59 Å². The molecule has 6 nitrogen and oxygen atoms in total. The molecule has 2 amide bonds. The molecule has 0 aliphatic rings. The lowest BCUT2D eigenvalue weighted by atomic mass is 10.1. The van der Waals surface area contributed by atoms with Crippen molar-refractivity contribution < 1.29 is 9.59 Å². The number of hydrogen-bond acceptors (Lipinski definition) is 4. The van der Waals surface area contributed by atoms with Crippen LogP contribution in [0.3, 0.4) is 0 Å². The van der Waals surface area contributed by atoms with Crippen molar-refractivity contribution in [1.29, 1.82) is 5.26 Å². The zero-order chi connectivity index (χ0) is 19.1. The van der Waals surface area contributed by atoms with Gasteiger partial charge in [0.15, 0.2) is 0 Å². The molecule has 26 heavy (non-hydrogen) atoms. The second kappa shape index (κ2) is 8.67. The minimum Gasteiger partial charge on any atom is -0.376 e. The molecular weight excluding hydrogens is 328 g/mol. The van der Waals surface area contributed by atoms with Gasteiger partial charge < -0.3 is 16.0 Å². The molecule has 0 radical (unpaired) electrons. The molecule has 0 heterocycles. The van der Waals surface area contributed by atoms with Gasteiger partial charge in [-0.2, -0.15) is 5.26 Å². The smallest absolute Gasteiger partial charge is 0.243 e. The Labute approximate surface area is 153 Å². The number of hydrogen-bond donors (Lipinski definition) is 3. The molecule has 0 aliphatic heterocycles. The highest BCUT2D eigenvalue weighted by atomic mass is 16.2. The standard InChI is InChI=1S/C20H22N4O2/c1-13-8-14(2)20(15(3)9-13)24-19(26)12-23-18(25)11-22-17-6-4-16(10-21)5-7-17/h4-9,22H,11-12H2,1-3H3,(H,23,25)(H,24,26). The van der Waals surface area contributed by atoms with Crippen LogP contribution in [0, 0.1) is 32.1 Å². The number of nitrogens with zero attached hydrogens (tertiary/aromatic N) is 1. The molecule has 2 aromatic carbocycles. The highest BCUT2D eigenvalue weighted by Gasteiger charge is 2.10. The molecule has 134 valence electrons. The monoisotopic (exact) mass is 350 g/mol. The first-order valence-electron chi connectivity index (χ1n) is 8.27. The van der Waals surface area contributed by atoms with Gasteiger partial charge in [0, 0.05) is 11.4 Å². The normalized spacial score (nSPS) is 9.92. The summed E-state index contributed by atoms with van der Waals surface area (Å²) in [5.74, 6) is -0.561. The van der Waals surface area contributed by atoms with E-state index >= 15 is 0 Å². The van der Waals surface area contributed by atoms with Crippen molar-refractivity contribution in [2.24, 2.45) is 0 Å². The molecule has 0 fully saturated rings. The van der Waals surface area contributed by atoms with Crippen LogP contribution < -0.4 is 16.0 Å². The summed E-state index contributed by atoms with van der Waals surface area (Å²) in [6.45, 7) is 5.83. The molecule has 0 bridgehead atoms. The van der Waals surface area contributed by atoms with Crippen LogP contribution in [-0.4, -0.2) is 24.9 Å². The third-order valence-corrected chi connectivity index (χ3v) is 3.85. The van der Waals surface area contributed by atoms with E-state index in [-0.39, 0.29) is 24.9 Å². The summed E-state index contributed by atoms with van der Waals surface area (Å²) in [6.07, 6.45) is 0. The van der Waals surface area contributed by atoms with Crippen LogP contribution in [0.2, 0.25) is 0 Å². The average molecular weight is 350 g/mol. The van der Waals surface area contributed by atoms with Crippen molar-refractivity contribution in [3.05, 3.63) is 58.7 Å². The maximum Gasteiger partial charge on any atom is 0.243 e. The first-order valence-corrected chi connectivity index (χ1v) is 8.27. The van der Waals surface area contributed by atoms with E-state index in [4.69, 9.17) is 5.26 Å². The molecule has 3 N–H and O–H groups in total. The van der Waals surface area contributed by atoms with Crippen molar-refractivity contribution in [3.8, 4) is 6.07 Å². The summed E-state index contributed by atoms with van der Waals surface area (Å²) in [7, 11) is 0. The topological polar surface area (TPSA) is 94.0 Å². The van der Waals surface area contributed by atoms with E-state index in [1.54, 1.807) is 24.3 Å². The van der Waals surface area contributed by atoms with Crippen molar-refractivity contribution in [2.75, 3.05) is 23.7 Å². The summed E-state index contributed by atoms with van der Waals surface area (Å²) < 4.78 is 0. The summed E-state index contributed by atoms with van der Waals surface area (Å²) >= 11 is 0. The third-order valence-electron chi connectivity index (χ3n) is 3.85. The van der Waals surface area contributed by atoms with E-state index in [1.807, 2.05) is 39.0 Å². The minimum atomic E-state index is -0.290. The highest BCUT2D eigenvalue weighted by Crippen LogP contribution is 2.21. The Morgan fingerprint density at radius 1 is 0.962 bits per heavy atom. The maximum absolute atomic E-state index is 12.1. The zero-order valence-corrected chi connectivity index (χ0v) is 15.1. The molecular formula is C20H22N4O2. The van der Waals surface area contributed by atoms with Gasteiger partial charge in [-0.15, -0.1) is 0 Å². The van der Waals surface area contributed by atoms with Gasteiger partial charge in [-0.25, -0.2) is 0 Å². The van der Waals surface area contributed by atoms with E-state index in [0.29, 0.717) is 5.56 Å². The third kappa shape index (κ3) is 5.35. The van der Waals surface area contributed by atoms with Crippen LogP contribution >= 0.6 is 0 Å². The fourth-order valence-electron chi connectivity index (χ4n) is 2.65. The van der Waals surface area contributed by atoms with E-state index in [0.717, 1.165) is 28.1 Å². The Morgan fingerprint density at radius 2 is 1.58 bits per heavy atom. The minimum absolute atomic E-state index is 0.0434. The summed E-state index contributed by atoms with van der Waals surface area (Å²) in [4.78, 5) is 23.9. The number of anilines is 2. The Kier molecular flexibility index (Phi) is 6.34. The van der Waals surface area contributed by atoms with Gasteiger partial charge in [-0.1, -0.05) is 17.7 Å². The van der Waals surface area contributed by atoms with Crippen molar-refractivity contribution >= 4 is 23.2 Å². The van der Waals surface area contributed by atoms with Gasteiger partial charge in [0.1, 0.15) is 0 Å². The van der Waals surface area contributed by atoms with E-state index in [9.17, 15) is 9.59 Å². The van der Waals surface area contributed by atoms with Crippen LogP contribution in [0.5, 0.6) is 0 Å². The fraction of sp³-hybridized carbons (Fsp3) is 0.250. The largest absolute Gasteiger partial charge is 0.376 e. The predicted octanol–water partition coefficient (Wildman–Crippen LogP) is 2.65. The Hall–Kier alpha value is -3.33. The number of aryl methyl sites for hydroxylation is 3. The van der Waals surface area contributed by atoms with Gasteiger partial charge in [0.25, 0.3) is 0 Å². The lowest BCUT2D eigenvalue weighted by Crippen LogP contribution is -2.36. The molecule has 0 saturated heterocycles. The molecule has 0 aromatic heterocycles. The Balaban J connectivity index is 1.80. The Bertz CT molecular complexity index is 828. The van der Waals surface area contributed by atoms with Crippen molar-refractivity contribution in [1.82, 2.24) is 5.32 Å². The van der Waals surface area contributed by atoms with Crippen LogP contribution in [0.15, 0.2) is 36.4 Å². The number of nitrogens with one attached hydrogen (secondary N) is 3.